The van der Waals surface area contributed by atoms with E-state index in [4.69, 9.17) is 4.74 Å². The average Bonchev–Trinajstić information content (AvgIpc) is 2.41. The molecule has 104 valence electrons. The lowest BCUT2D eigenvalue weighted by molar-refractivity contribution is 0.102. The number of ether oxygens (including phenoxy) is 1. The summed E-state index contributed by atoms with van der Waals surface area (Å²) in [7, 11) is 1.55. The van der Waals surface area contributed by atoms with Gasteiger partial charge in [-0.25, -0.2) is 0 Å². The van der Waals surface area contributed by atoms with Gasteiger partial charge in [0.2, 0.25) is 0 Å². The number of anilines is 1. The molecule has 0 saturated heterocycles. The highest BCUT2D eigenvalue weighted by molar-refractivity contribution is 9.10. The maximum absolute atomic E-state index is 12.3. The van der Waals surface area contributed by atoms with Crippen molar-refractivity contribution in [2.24, 2.45) is 0 Å². The Hall–Kier alpha value is -1.33. The van der Waals surface area contributed by atoms with Crippen LogP contribution in [-0.4, -0.2) is 13.0 Å². The minimum atomic E-state index is -0.195. The van der Waals surface area contributed by atoms with Crippen molar-refractivity contribution >= 4 is 43.5 Å². The summed E-state index contributed by atoms with van der Waals surface area (Å²) in [6, 6.07) is 11.0. The highest BCUT2D eigenvalue weighted by Gasteiger charge is 2.13. The Balaban J connectivity index is 2.28. The van der Waals surface area contributed by atoms with Gasteiger partial charge in [0.05, 0.1) is 12.7 Å². The van der Waals surface area contributed by atoms with Crippen LogP contribution in [0.3, 0.4) is 0 Å². The lowest BCUT2D eigenvalue weighted by Crippen LogP contribution is -2.14. The van der Waals surface area contributed by atoms with Crippen molar-refractivity contribution < 1.29 is 9.53 Å². The smallest absolute Gasteiger partial charge is 0.259 e. The van der Waals surface area contributed by atoms with E-state index >= 15 is 0 Å². The van der Waals surface area contributed by atoms with E-state index in [0.717, 1.165) is 20.2 Å². The SMILES string of the molecule is COc1cc(Br)ccc1C(=O)Nc1ccc(Br)cc1C. The number of carbonyl (C=O) groups is 1. The second kappa shape index (κ2) is 6.41. The molecule has 0 bridgehead atoms. The average molecular weight is 399 g/mol. The number of hydrogen-bond donors (Lipinski definition) is 1. The van der Waals surface area contributed by atoms with Crippen LogP contribution in [-0.2, 0) is 0 Å². The van der Waals surface area contributed by atoms with E-state index in [1.807, 2.05) is 31.2 Å². The molecule has 0 heterocycles. The van der Waals surface area contributed by atoms with Crippen LogP contribution < -0.4 is 10.1 Å². The van der Waals surface area contributed by atoms with Gasteiger partial charge in [-0.3, -0.25) is 4.79 Å². The van der Waals surface area contributed by atoms with Gasteiger partial charge in [0, 0.05) is 14.6 Å². The molecule has 0 saturated carbocycles. The number of aryl methyl sites for hydroxylation is 1. The molecule has 0 unspecified atom stereocenters. The predicted molar refractivity (Wildman–Crippen MR) is 87.5 cm³/mol. The minimum Gasteiger partial charge on any atom is -0.496 e. The fraction of sp³-hybridized carbons (Fsp3) is 0.133. The maximum Gasteiger partial charge on any atom is 0.259 e. The van der Waals surface area contributed by atoms with Crippen LogP contribution in [0.5, 0.6) is 5.75 Å². The molecule has 20 heavy (non-hydrogen) atoms. The third kappa shape index (κ3) is 3.41. The number of halogens is 2. The van der Waals surface area contributed by atoms with Crippen molar-refractivity contribution in [3.63, 3.8) is 0 Å². The first-order valence-electron chi connectivity index (χ1n) is 5.92. The lowest BCUT2D eigenvalue weighted by Gasteiger charge is -2.11. The second-order valence-corrected chi connectivity index (χ2v) is 6.09. The van der Waals surface area contributed by atoms with Crippen LogP contribution in [0.2, 0.25) is 0 Å². The number of carbonyl (C=O) groups excluding carboxylic acids is 1. The summed E-state index contributed by atoms with van der Waals surface area (Å²) in [6.45, 7) is 1.94. The monoisotopic (exact) mass is 397 g/mol. The van der Waals surface area contributed by atoms with Crippen LogP contribution in [0.25, 0.3) is 0 Å². The molecule has 2 aromatic rings. The lowest BCUT2D eigenvalue weighted by atomic mass is 10.1. The molecule has 0 aromatic heterocycles. The van der Waals surface area contributed by atoms with Gasteiger partial charge in [-0.1, -0.05) is 31.9 Å². The summed E-state index contributed by atoms with van der Waals surface area (Å²) in [5, 5.41) is 2.89. The fourth-order valence-corrected chi connectivity index (χ4v) is 2.63. The molecule has 0 aliphatic heterocycles. The van der Waals surface area contributed by atoms with Crippen molar-refractivity contribution in [3.8, 4) is 5.75 Å². The van der Waals surface area contributed by atoms with Crippen LogP contribution in [0.4, 0.5) is 5.69 Å². The molecule has 1 N–H and O–H groups in total. The van der Waals surface area contributed by atoms with Crippen molar-refractivity contribution in [1.29, 1.82) is 0 Å². The number of nitrogens with one attached hydrogen (secondary N) is 1. The summed E-state index contributed by atoms with van der Waals surface area (Å²) in [5.74, 6) is 0.339. The van der Waals surface area contributed by atoms with E-state index in [1.165, 1.54) is 0 Å². The van der Waals surface area contributed by atoms with Crippen LogP contribution >= 0.6 is 31.9 Å². The number of methoxy groups -OCH3 is 1. The highest BCUT2D eigenvalue weighted by Crippen LogP contribution is 2.26. The molecule has 1 amide bonds. The van der Waals surface area contributed by atoms with Crippen LogP contribution in [0, 0.1) is 6.92 Å². The van der Waals surface area contributed by atoms with Gasteiger partial charge in [-0.15, -0.1) is 0 Å². The molecule has 0 fully saturated rings. The fourth-order valence-electron chi connectivity index (χ4n) is 1.81. The van der Waals surface area contributed by atoms with Gasteiger partial charge in [0.25, 0.3) is 5.91 Å². The van der Waals surface area contributed by atoms with E-state index in [0.29, 0.717) is 11.3 Å². The molecule has 0 aliphatic carbocycles. The van der Waals surface area contributed by atoms with Crippen LogP contribution in [0.1, 0.15) is 15.9 Å². The van der Waals surface area contributed by atoms with E-state index in [-0.39, 0.29) is 5.91 Å². The molecule has 0 spiro atoms. The van der Waals surface area contributed by atoms with Crippen molar-refractivity contribution in [2.45, 2.75) is 6.92 Å². The Morgan fingerprint density at radius 3 is 2.40 bits per heavy atom. The number of benzene rings is 2. The number of rotatable bonds is 3. The third-order valence-electron chi connectivity index (χ3n) is 2.84. The predicted octanol–water partition coefficient (Wildman–Crippen LogP) is 4.78. The zero-order valence-electron chi connectivity index (χ0n) is 11.0. The van der Waals surface area contributed by atoms with Crippen molar-refractivity contribution in [3.05, 3.63) is 56.5 Å². The zero-order chi connectivity index (χ0) is 14.7. The summed E-state index contributed by atoms with van der Waals surface area (Å²) in [5.41, 5.74) is 2.27. The van der Waals surface area contributed by atoms with Crippen molar-refractivity contribution in [2.75, 3.05) is 12.4 Å². The van der Waals surface area contributed by atoms with Gasteiger partial charge in [-0.05, 0) is 48.9 Å². The van der Waals surface area contributed by atoms with Gasteiger partial charge in [0.15, 0.2) is 0 Å². The largest absolute Gasteiger partial charge is 0.496 e. The molecule has 3 nitrogen and oxygen atoms in total. The zero-order valence-corrected chi connectivity index (χ0v) is 14.2. The molecule has 5 heteroatoms. The molecular weight excluding hydrogens is 386 g/mol. The normalized spacial score (nSPS) is 10.2. The molecule has 0 radical (unpaired) electrons. The summed E-state index contributed by atoms with van der Waals surface area (Å²) in [6.07, 6.45) is 0. The molecular formula is C15H13Br2NO2. The topological polar surface area (TPSA) is 38.3 Å². The van der Waals surface area contributed by atoms with E-state index in [2.05, 4.69) is 37.2 Å². The Bertz CT molecular complexity index is 656. The van der Waals surface area contributed by atoms with Crippen molar-refractivity contribution in [1.82, 2.24) is 0 Å². The minimum absolute atomic E-state index is 0.195. The summed E-state index contributed by atoms with van der Waals surface area (Å²) in [4.78, 5) is 12.3. The third-order valence-corrected chi connectivity index (χ3v) is 3.83. The molecule has 2 rings (SSSR count). The molecule has 0 atom stereocenters. The first-order valence-corrected chi connectivity index (χ1v) is 7.51. The Morgan fingerprint density at radius 1 is 1.10 bits per heavy atom. The Morgan fingerprint density at radius 2 is 1.75 bits per heavy atom. The van der Waals surface area contributed by atoms with Gasteiger partial charge >= 0.3 is 0 Å². The number of hydrogen-bond acceptors (Lipinski definition) is 2. The first kappa shape index (κ1) is 15.1. The molecule has 2 aromatic carbocycles. The van der Waals surface area contributed by atoms with Crippen LogP contribution in [0.15, 0.2) is 45.3 Å². The van der Waals surface area contributed by atoms with Gasteiger partial charge in [-0.2, -0.15) is 0 Å². The first-order chi connectivity index (χ1) is 9.51. The summed E-state index contributed by atoms with van der Waals surface area (Å²) >= 11 is 6.76. The van der Waals surface area contributed by atoms with Gasteiger partial charge < -0.3 is 10.1 Å². The van der Waals surface area contributed by atoms with E-state index in [9.17, 15) is 4.79 Å². The standard InChI is InChI=1S/C15H13Br2NO2/c1-9-7-10(16)4-6-13(9)18-15(19)12-5-3-11(17)8-14(12)20-2/h3-8H,1-2H3,(H,18,19). The van der Waals surface area contributed by atoms with E-state index in [1.54, 1.807) is 19.2 Å². The van der Waals surface area contributed by atoms with Gasteiger partial charge in [0.1, 0.15) is 5.75 Å². The number of amides is 1. The Kier molecular flexibility index (Phi) is 4.83. The Labute approximate surface area is 134 Å². The van der Waals surface area contributed by atoms with E-state index < -0.39 is 0 Å². The summed E-state index contributed by atoms with van der Waals surface area (Å²) < 4.78 is 7.08. The maximum atomic E-state index is 12.3. The second-order valence-electron chi connectivity index (χ2n) is 4.26. The molecule has 0 aliphatic rings. The quantitative estimate of drug-likeness (QED) is 0.807. The highest BCUT2D eigenvalue weighted by atomic mass is 79.9.